The lowest BCUT2D eigenvalue weighted by atomic mass is 10.1. The number of aliphatic hydroxyl groups is 1. The van der Waals surface area contributed by atoms with Gasteiger partial charge in [-0.3, -0.25) is 0 Å². The largest absolute Gasteiger partial charge is 0.389 e. The molecule has 1 N–H and O–H groups in total. The van der Waals surface area contributed by atoms with E-state index >= 15 is 0 Å². The monoisotopic (exact) mass is 225 g/mol. The molecule has 0 fully saturated rings. The number of hydrogen-bond donors (Lipinski definition) is 1. The molecule has 0 spiro atoms. The fourth-order valence-corrected chi connectivity index (χ4v) is 1.78. The van der Waals surface area contributed by atoms with Crippen molar-refractivity contribution in [1.82, 2.24) is 0 Å². The zero-order valence-electron chi connectivity index (χ0n) is 10.2. The van der Waals surface area contributed by atoms with E-state index in [1.165, 1.54) is 6.07 Å². The number of halogens is 1. The lowest BCUT2D eigenvalue weighted by Crippen LogP contribution is -2.21. The Morgan fingerprint density at radius 1 is 1.44 bits per heavy atom. The Hall–Kier alpha value is -1.09. The first kappa shape index (κ1) is 13.0. The smallest absolute Gasteiger partial charge is 0.146 e. The third kappa shape index (κ3) is 2.95. The standard InChI is InChI=1S/C13H20FNO/c1-4-5-9-15(3)13-11(10(2)16)7-6-8-12(13)14/h6-8,10,16H,4-5,9H2,1-3H3. The van der Waals surface area contributed by atoms with Crippen LogP contribution in [0.5, 0.6) is 0 Å². The van der Waals surface area contributed by atoms with E-state index in [9.17, 15) is 9.50 Å². The first-order valence-corrected chi connectivity index (χ1v) is 5.75. The lowest BCUT2D eigenvalue weighted by molar-refractivity contribution is 0.199. The highest BCUT2D eigenvalue weighted by molar-refractivity contribution is 5.55. The summed E-state index contributed by atoms with van der Waals surface area (Å²) >= 11 is 0. The van der Waals surface area contributed by atoms with Gasteiger partial charge in [-0.25, -0.2) is 4.39 Å². The van der Waals surface area contributed by atoms with Crippen LogP contribution in [-0.2, 0) is 0 Å². The van der Waals surface area contributed by atoms with Gasteiger partial charge in [0, 0.05) is 19.2 Å². The first-order chi connectivity index (χ1) is 7.57. The Bertz CT molecular complexity index is 339. The van der Waals surface area contributed by atoms with E-state index in [0.29, 0.717) is 11.3 Å². The van der Waals surface area contributed by atoms with Crippen molar-refractivity contribution < 1.29 is 9.50 Å². The van der Waals surface area contributed by atoms with E-state index in [-0.39, 0.29) is 5.82 Å². The molecule has 90 valence electrons. The summed E-state index contributed by atoms with van der Waals surface area (Å²) < 4.78 is 13.7. The Morgan fingerprint density at radius 2 is 2.12 bits per heavy atom. The molecule has 0 aliphatic heterocycles. The van der Waals surface area contributed by atoms with E-state index in [1.807, 2.05) is 11.9 Å². The average Bonchev–Trinajstić information content (AvgIpc) is 2.25. The fraction of sp³-hybridized carbons (Fsp3) is 0.538. The van der Waals surface area contributed by atoms with Crippen LogP contribution in [0.15, 0.2) is 18.2 Å². The van der Waals surface area contributed by atoms with Crippen LogP contribution in [0.3, 0.4) is 0 Å². The van der Waals surface area contributed by atoms with Gasteiger partial charge in [0.05, 0.1) is 11.8 Å². The average molecular weight is 225 g/mol. The molecule has 0 heterocycles. The molecule has 0 bridgehead atoms. The van der Waals surface area contributed by atoms with Crippen molar-refractivity contribution in [2.45, 2.75) is 32.8 Å². The maximum absolute atomic E-state index is 13.7. The molecule has 3 heteroatoms. The highest BCUT2D eigenvalue weighted by Crippen LogP contribution is 2.28. The second kappa shape index (κ2) is 5.85. The summed E-state index contributed by atoms with van der Waals surface area (Å²) in [6.45, 7) is 4.56. The summed E-state index contributed by atoms with van der Waals surface area (Å²) in [6.07, 6.45) is 1.45. The van der Waals surface area contributed by atoms with Crippen LogP contribution in [0.25, 0.3) is 0 Å². The molecule has 0 aliphatic rings. The molecule has 0 amide bonds. The summed E-state index contributed by atoms with van der Waals surface area (Å²) in [5.74, 6) is -0.267. The predicted molar refractivity (Wildman–Crippen MR) is 65.2 cm³/mol. The van der Waals surface area contributed by atoms with Crippen LogP contribution in [0.1, 0.15) is 38.4 Å². The molecule has 16 heavy (non-hydrogen) atoms. The highest BCUT2D eigenvalue weighted by atomic mass is 19.1. The minimum Gasteiger partial charge on any atom is -0.389 e. The van der Waals surface area contributed by atoms with E-state index in [0.717, 1.165) is 19.4 Å². The molecule has 1 rings (SSSR count). The molecule has 1 unspecified atom stereocenters. The van der Waals surface area contributed by atoms with Crippen molar-refractivity contribution in [1.29, 1.82) is 0 Å². The van der Waals surface area contributed by atoms with Crippen LogP contribution in [0.2, 0.25) is 0 Å². The van der Waals surface area contributed by atoms with E-state index in [2.05, 4.69) is 6.92 Å². The van der Waals surface area contributed by atoms with Gasteiger partial charge in [-0.05, 0) is 19.4 Å². The van der Waals surface area contributed by atoms with Gasteiger partial charge in [-0.15, -0.1) is 0 Å². The van der Waals surface area contributed by atoms with Gasteiger partial charge in [-0.1, -0.05) is 25.5 Å². The predicted octanol–water partition coefficient (Wildman–Crippen LogP) is 3.12. The van der Waals surface area contributed by atoms with Crippen LogP contribution in [0, 0.1) is 5.82 Å². The van der Waals surface area contributed by atoms with Crippen molar-refractivity contribution in [3.8, 4) is 0 Å². The fourth-order valence-electron chi connectivity index (χ4n) is 1.78. The summed E-state index contributed by atoms with van der Waals surface area (Å²) in [5, 5.41) is 9.61. The van der Waals surface area contributed by atoms with Crippen molar-refractivity contribution >= 4 is 5.69 Å². The topological polar surface area (TPSA) is 23.5 Å². The zero-order chi connectivity index (χ0) is 12.1. The molecule has 0 saturated carbocycles. The third-order valence-corrected chi connectivity index (χ3v) is 2.70. The Labute approximate surface area is 96.7 Å². The van der Waals surface area contributed by atoms with E-state index in [1.54, 1.807) is 19.1 Å². The van der Waals surface area contributed by atoms with Gasteiger partial charge < -0.3 is 10.0 Å². The summed E-state index contributed by atoms with van der Waals surface area (Å²) in [6, 6.07) is 4.84. The number of aliphatic hydroxyl groups excluding tert-OH is 1. The van der Waals surface area contributed by atoms with Crippen LogP contribution < -0.4 is 4.90 Å². The lowest BCUT2D eigenvalue weighted by Gasteiger charge is -2.24. The minimum absolute atomic E-state index is 0.267. The quantitative estimate of drug-likeness (QED) is 0.832. The third-order valence-electron chi connectivity index (χ3n) is 2.70. The molecule has 1 atom stereocenters. The minimum atomic E-state index is -0.644. The van der Waals surface area contributed by atoms with Crippen molar-refractivity contribution in [3.63, 3.8) is 0 Å². The Morgan fingerprint density at radius 3 is 2.69 bits per heavy atom. The molecular weight excluding hydrogens is 205 g/mol. The van der Waals surface area contributed by atoms with Gasteiger partial charge in [0.25, 0.3) is 0 Å². The zero-order valence-corrected chi connectivity index (χ0v) is 10.2. The van der Waals surface area contributed by atoms with Crippen molar-refractivity contribution in [2.75, 3.05) is 18.5 Å². The molecule has 2 nitrogen and oxygen atoms in total. The molecule has 1 aromatic rings. The van der Waals surface area contributed by atoms with Gasteiger partial charge >= 0.3 is 0 Å². The summed E-state index contributed by atoms with van der Waals surface area (Å²) in [4.78, 5) is 1.88. The van der Waals surface area contributed by atoms with Crippen molar-refractivity contribution in [3.05, 3.63) is 29.6 Å². The van der Waals surface area contributed by atoms with Crippen LogP contribution in [-0.4, -0.2) is 18.7 Å². The first-order valence-electron chi connectivity index (χ1n) is 5.75. The molecule has 1 aromatic carbocycles. The second-order valence-electron chi connectivity index (χ2n) is 4.13. The Kier molecular flexibility index (Phi) is 4.74. The van der Waals surface area contributed by atoms with E-state index in [4.69, 9.17) is 0 Å². The molecular formula is C13H20FNO. The number of anilines is 1. The number of hydrogen-bond acceptors (Lipinski definition) is 2. The summed E-state index contributed by atoms with van der Waals surface area (Å²) in [7, 11) is 1.86. The number of para-hydroxylation sites is 1. The second-order valence-corrected chi connectivity index (χ2v) is 4.13. The summed E-state index contributed by atoms with van der Waals surface area (Å²) in [5.41, 5.74) is 1.17. The number of nitrogens with zero attached hydrogens (tertiary/aromatic N) is 1. The Balaban J connectivity index is 3.00. The molecule has 0 aliphatic carbocycles. The highest BCUT2D eigenvalue weighted by Gasteiger charge is 2.15. The maximum Gasteiger partial charge on any atom is 0.146 e. The number of benzene rings is 1. The van der Waals surface area contributed by atoms with E-state index < -0.39 is 6.10 Å². The maximum atomic E-state index is 13.7. The number of unbranched alkanes of at least 4 members (excludes halogenated alkanes) is 1. The van der Waals surface area contributed by atoms with Gasteiger partial charge in [0.1, 0.15) is 5.82 Å². The number of rotatable bonds is 5. The van der Waals surface area contributed by atoms with Gasteiger partial charge in [-0.2, -0.15) is 0 Å². The van der Waals surface area contributed by atoms with Crippen LogP contribution in [0.4, 0.5) is 10.1 Å². The van der Waals surface area contributed by atoms with Crippen LogP contribution >= 0.6 is 0 Å². The SMILES string of the molecule is CCCCN(C)c1c(F)cccc1C(C)O. The van der Waals surface area contributed by atoms with Gasteiger partial charge in [0.15, 0.2) is 0 Å². The molecule has 0 aromatic heterocycles. The van der Waals surface area contributed by atoms with Crippen molar-refractivity contribution in [2.24, 2.45) is 0 Å². The normalized spacial score (nSPS) is 12.6. The van der Waals surface area contributed by atoms with Gasteiger partial charge in [0.2, 0.25) is 0 Å². The molecule has 0 saturated heterocycles. The molecule has 0 radical (unpaired) electrons.